The van der Waals surface area contributed by atoms with Crippen LogP contribution in [0.1, 0.15) is 0 Å². The SMILES string of the molecule is Fc1c[c-]c(-c2cccc(N(c3ccccc3)c3cccc(-c4[c-]cc(F)cc4F)n3)n2)c(F)c1.Fc1ccc(-c2cccc(N(c3ccccc3)c3cccc(-c4ccc(F)cc4F)n3)n2)c(F)c1.[Pt+2]. The summed E-state index contributed by atoms with van der Waals surface area (Å²) in [5.41, 5.74) is 2.84. The van der Waals surface area contributed by atoms with Gasteiger partial charge in [0.05, 0.1) is 11.4 Å². The minimum Gasteiger partial charge on any atom is -0.280 e. The Morgan fingerprint density at radius 1 is 0.310 bits per heavy atom. The van der Waals surface area contributed by atoms with Gasteiger partial charge in [-0.25, -0.2) is 27.5 Å². The van der Waals surface area contributed by atoms with E-state index in [0.717, 1.165) is 36.4 Å². The second kappa shape index (κ2) is 21.9. The number of nitrogens with zero attached hydrogens (tertiary/aromatic N) is 6. The third-order valence-electron chi connectivity index (χ3n) is 10.5. The maximum Gasteiger partial charge on any atom is 2.00 e. The number of anilines is 6. The summed E-state index contributed by atoms with van der Waals surface area (Å²) in [6.45, 7) is 0. The van der Waals surface area contributed by atoms with Crippen LogP contribution in [0.4, 0.5) is 69.8 Å². The fourth-order valence-corrected chi connectivity index (χ4v) is 7.36. The van der Waals surface area contributed by atoms with Crippen LogP contribution in [0.15, 0.2) is 194 Å². The van der Waals surface area contributed by atoms with E-state index in [9.17, 15) is 35.1 Å². The average Bonchev–Trinajstić information content (AvgIpc) is 3.35. The van der Waals surface area contributed by atoms with Crippen molar-refractivity contribution in [3.8, 4) is 45.0 Å². The summed E-state index contributed by atoms with van der Waals surface area (Å²) in [6, 6.07) is 53.9. The molecule has 0 amide bonds. The Hall–Kier alpha value is -8.35. The molecule has 15 heteroatoms. The molecule has 0 aliphatic carbocycles. The Labute approximate surface area is 416 Å². The van der Waals surface area contributed by atoms with E-state index in [0.29, 0.717) is 46.0 Å². The number of rotatable bonds is 10. The Morgan fingerprint density at radius 2 is 0.634 bits per heavy atom. The summed E-state index contributed by atoms with van der Waals surface area (Å²) in [7, 11) is 0. The molecule has 352 valence electrons. The van der Waals surface area contributed by atoms with E-state index in [4.69, 9.17) is 0 Å². The molecule has 0 N–H and O–H groups in total. The van der Waals surface area contributed by atoms with E-state index in [1.165, 1.54) is 24.3 Å². The molecule has 0 bridgehead atoms. The Bertz CT molecular complexity index is 3060. The summed E-state index contributed by atoms with van der Waals surface area (Å²) in [6.07, 6.45) is 0. The normalized spacial score (nSPS) is 10.7. The van der Waals surface area contributed by atoms with Crippen molar-refractivity contribution >= 4 is 34.6 Å². The van der Waals surface area contributed by atoms with Crippen molar-refractivity contribution in [2.75, 3.05) is 9.80 Å². The molecule has 0 aliphatic rings. The van der Waals surface area contributed by atoms with Gasteiger partial charge in [-0.1, -0.05) is 96.1 Å². The minimum atomic E-state index is -0.789. The van der Waals surface area contributed by atoms with Crippen molar-refractivity contribution < 1.29 is 56.2 Å². The van der Waals surface area contributed by atoms with Gasteiger partial charge in [0.25, 0.3) is 0 Å². The van der Waals surface area contributed by atoms with E-state index < -0.39 is 46.5 Å². The van der Waals surface area contributed by atoms with Gasteiger partial charge in [-0.3, -0.25) is 37.3 Å². The zero-order valence-electron chi connectivity index (χ0n) is 36.5. The molecule has 0 atom stereocenters. The van der Waals surface area contributed by atoms with Gasteiger partial charge in [-0.15, -0.1) is 24.3 Å². The van der Waals surface area contributed by atoms with Gasteiger partial charge in [0.2, 0.25) is 0 Å². The zero-order chi connectivity index (χ0) is 48.7. The molecule has 4 aromatic heterocycles. The van der Waals surface area contributed by atoms with E-state index in [1.807, 2.05) is 60.7 Å². The first-order valence-corrected chi connectivity index (χ1v) is 21.2. The molecule has 10 aromatic rings. The largest absolute Gasteiger partial charge is 2.00 e. The molecule has 0 unspecified atom stereocenters. The number of aromatic nitrogens is 4. The van der Waals surface area contributed by atoms with Crippen molar-refractivity contribution in [3.05, 3.63) is 253 Å². The quantitative estimate of drug-likeness (QED) is 0.100. The van der Waals surface area contributed by atoms with Gasteiger partial charge in [-0.05, 0) is 96.3 Å². The van der Waals surface area contributed by atoms with Gasteiger partial charge < -0.3 is 0 Å². The molecule has 6 nitrogen and oxygen atoms in total. The topological polar surface area (TPSA) is 58.0 Å². The van der Waals surface area contributed by atoms with Gasteiger partial charge in [0.1, 0.15) is 46.5 Å². The molecular weight excluding hydrogens is 1100 g/mol. The molecule has 10 rings (SSSR count). The molecule has 0 fully saturated rings. The Morgan fingerprint density at radius 3 is 0.972 bits per heavy atom. The molecule has 4 heterocycles. The summed E-state index contributed by atoms with van der Waals surface area (Å²) in [5, 5.41) is 0. The van der Waals surface area contributed by atoms with Crippen LogP contribution in [0.5, 0.6) is 0 Å². The van der Waals surface area contributed by atoms with Crippen LogP contribution in [0, 0.1) is 58.7 Å². The van der Waals surface area contributed by atoms with Crippen LogP contribution in [0.3, 0.4) is 0 Å². The van der Waals surface area contributed by atoms with Crippen LogP contribution in [-0.4, -0.2) is 19.9 Å². The third-order valence-corrected chi connectivity index (χ3v) is 10.5. The van der Waals surface area contributed by atoms with E-state index in [-0.39, 0.29) is 54.7 Å². The van der Waals surface area contributed by atoms with E-state index >= 15 is 0 Å². The maximum absolute atomic E-state index is 14.5. The predicted molar refractivity (Wildman–Crippen MR) is 253 cm³/mol. The number of benzene rings is 6. The second-order valence-electron chi connectivity index (χ2n) is 15.2. The van der Waals surface area contributed by atoms with E-state index in [1.54, 1.807) is 82.6 Å². The van der Waals surface area contributed by atoms with Crippen molar-refractivity contribution in [2.45, 2.75) is 0 Å². The molecule has 0 aliphatic heterocycles. The second-order valence-corrected chi connectivity index (χ2v) is 15.2. The maximum atomic E-state index is 14.5. The summed E-state index contributed by atoms with van der Waals surface area (Å²) >= 11 is 0. The van der Waals surface area contributed by atoms with Crippen LogP contribution in [0.25, 0.3) is 45.0 Å². The van der Waals surface area contributed by atoms with Crippen molar-refractivity contribution in [2.24, 2.45) is 0 Å². The molecule has 0 saturated heterocycles. The Balaban J connectivity index is 0.000000188. The molecule has 0 saturated carbocycles. The fourth-order valence-electron chi connectivity index (χ4n) is 7.36. The van der Waals surface area contributed by atoms with Gasteiger partial charge >= 0.3 is 21.1 Å². The zero-order valence-corrected chi connectivity index (χ0v) is 38.8. The smallest absolute Gasteiger partial charge is 0.280 e. The van der Waals surface area contributed by atoms with Crippen molar-refractivity contribution in [1.82, 2.24) is 19.9 Å². The van der Waals surface area contributed by atoms with Crippen LogP contribution in [0.2, 0.25) is 0 Å². The molecular formula is C56H32F8N6Pt. The first-order valence-electron chi connectivity index (χ1n) is 21.2. The number of para-hydroxylation sites is 2. The molecule has 6 aromatic carbocycles. The van der Waals surface area contributed by atoms with E-state index in [2.05, 4.69) is 32.1 Å². The van der Waals surface area contributed by atoms with Gasteiger partial charge in [-0.2, -0.15) is 0 Å². The number of pyridine rings is 4. The standard InChI is InChI=1S/C28H17F4N3.C28H15F4N3.Pt/c2*29-18-12-14-21(23(31)16-18)25-8-4-10-27(33-25)35(20-6-2-1-3-7-20)28-11-5-9-26(34-28)22-15-13-19(30)17-24(22)32;/h1-17H;1-13,16-17H;/q;-2;+2. The Kier molecular flexibility index (Phi) is 15.2. The number of hydrogen-bond donors (Lipinski definition) is 0. The first kappa shape index (κ1) is 49.1. The number of halogens is 8. The van der Waals surface area contributed by atoms with Crippen molar-refractivity contribution in [1.29, 1.82) is 0 Å². The molecule has 0 radical (unpaired) electrons. The summed E-state index contributed by atoms with van der Waals surface area (Å²) < 4.78 is 111. The monoisotopic (exact) mass is 1140 g/mol. The first-order chi connectivity index (χ1) is 34.0. The summed E-state index contributed by atoms with van der Waals surface area (Å²) in [4.78, 5) is 21.8. The van der Waals surface area contributed by atoms with Gasteiger partial charge in [0.15, 0.2) is 0 Å². The van der Waals surface area contributed by atoms with Crippen molar-refractivity contribution in [3.63, 3.8) is 0 Å². The minimum absolute atomic E-state index is 0. The molecule has 0 spiro atoms. The predicted octanol–water partition coefficient (Wildman–Crippen LogP) is 15.3. The van der Waals surface area contributed by atoms with Crippen LogP contribution in [-0.2, 0) is 21.1 Å². The number of hydrogen-bond acceptors (Lipinski definition) is 6. The molecule has 71 heavy (non-hydrogen) atoms. The summed E-state index contributed by atoms with van der Waals surface area (Å²) in [5.74, 6) is -4.25. The average molecular weight is 1140 g/mol. The van der Waals surface area contributed by atoms with Crippen LogP contribution < -0.4 is 9.80 Å². The fraction of sp³-hybridized carbons (Fsp3) is 0. The van der Waals surface area contributed by atoms with Gasteiger partial charge in [0, 0.05) is 57.9 Å². The van der Waals surface area contributed by atoms with Crippen LogP contribution >= 0.6 is 0 Å². The third kappa shape index (κ3) is 11.2.